The van der Waals surface area contributed by atoms with Gasteiger partial charge in [0.25, 0.3) is 0 Å². The lowest BCUT2D eigenvalue weighted by molar-refractivity contribution is 0.202. The number of carbonyl (C=O) groups is 1. The number of likely N-dealkylation sites (N-methyl/N-ethyl adjacent to an activating group) is 1. The normalized spacial score (nSPS) is 10.0. The highest BCUT2D eigenvalue weighted by molar-refractivity contribution is 5.88. The molecule has 0 aliphatic rings. The molecule has 5 heteroatoms. The Morgan fingerprint density at radius 2 is 2.19 bits per heavy atom. The Kier molecular flexibility index (Phi) is 4.25. The van der Waals surface area contributed by atoms with Crippen molar-refractivity contribution >= 4 is 11.8 Å². The van der Waals surface area contributed by atoms with Gasteiger partial charge in [-0.15, -0.1) is 0 Å². The molecule has 0 radical (unpaired) electrons. The summed E-state index contributed by atoms with van der Waals surface area (Å²) in [7, 11) is 1.62. The molecule has 88 valence electrons. The van der Waals surface area contributed by atoms with Crippen LogP contribution in [0.5, 0.6) is 0 Å². The van der Waals surface area contributed by atoms with E-state index in [0.29, 0.717) is 12.4 Å². The van der Waals surface area contributed by atoms with Crippen molar-refractivity contribution < 1.29 is 9.90 Å². The van der Waals surface area contributed by atoms with Crippen LogP contribution in [0.25, 0.3) is 0 Å². The summed E-state index contributed by atoms with van der Waals surface area (Å²) < 4.78 is 0. The second-order valence-electron chi connectivity index (χ2n) is 3.75. The number of nitrogens with one attached hydrogen (secondary N) is 1. The molecule has 2 N–H and O–H groups in total. The number of aliphatic hydroxyl groups excluding tert-OH is 1. The van der Waals surface area contributed by atoms with Gasteiger partial charge in [0.1, 0.15) is 5.82 Å². The number of aromatic nitrogens is 1. The highest BCUT2D eigenvalue weighted by Gasteiger charge is 2.08. The van der Waals surface area contributed by atoms with Gasteiger partial charge in [0.15, 0.2) is 0 Å². The smallest absolute Gasteiger partial charge is 0.322 e. The minimum absolute atomic E-state index is 0.0514. The van der Waals surface area contributed by atoms with Gasteiger partial charge in [-0.2, -0.15) is 0 Å². The molecule has 1 heterocycles. The van der Waals surface area contributed by atoms with Crippen LogP contribution in [0.3, 0.4) is 0 Å². The minimum Gasteiger partial charge on any atom is -0.395 e. The molecule has 0 aliphatic carbocycles. The van der Waals surface area contributed by atoms with Crippen molar-refractivity contribution in [3.8, 4) is 0 Å². The summed E-state index contributed by atoms with van der Waals surface area (Å²) in [5.41, 5.74) is 1.91. The number of hydrogen-bond acceptors (Lipinski definition) is 3. The van der Waals surface area contributed by atoms with Crippen LogP contribution < -0.4 is 5.32 Å². The summed E-state index contributed by atoms with van der Waals surface area (Å²) in [4.78, 5) is 17.2. The van der Waals surface area contributed by atoms with Crippen molar-refractivity contribution in [2.75, 3.05) is 25.5 Å². The van der Waals surface area contributed by atoms with Crippen LogP contribution in [0.1, 0.15) is 11.3 Å². The number of nitrogens with zero attached hydrogens (tertiary/aromatic N) is 2. The maximum atomic E-state index is 11.6. The van der Waals surface area contributed by atoms with Gasteiger partial charge < -0.3 is 10.0 Å². The van der Waals surface area contributed by atoms with Crippen molar-refractivity contribution in [2.45, 2.75) is 13.8 Å². The van der Waals surface area contributed by atoms with E-state index in [1.807, 2.05) is 19.9 Å². The molecule has 2 amide bonds. The molecule has 0 aromatic carbocycles. The van der Waals surface area contributed by atoms with E-state index >= 15 is 0 Å². The van der Waals surface area contributed by atoms with E-state index in [2.05, 4.69) is 10.3 Å². The summed E-state index contributed by atoms with van der Waals surface area (Å²) in [5, 5.41) is 11.4. The zero-order valence-corrected chi connectivity index (χ0v) is 9.82. The predicted octanol–water partition coefficient (Wildman–Crippen LogP) is 1.15. The summed E-state index contributed by atoms with van der Waals surface area (Å²) in [6, 6.07) is 3.47. The predicted molar refractivity (Wildman–Crippen MR) is 62.4 cm³/mol. The van der Waals surface area contributed by atoms with Gasteiger partial charge in [-0.1, -0.05) is 0 Å². The average molecular weight is 223 g/mol. The molecule has 0 spiro atoms. The number of rotatable bonds is 3. The summed E-state index contributed by atoms with van der Waals surface area (Å²) in [6.45, 7) is 4.07. The van der Waals surface area contributed by atoms with Crippen LogP contribution in [0.15, 0.2) is 12.1 Å². The standard InChI is InChI=1S/C11H17N3O2/c1-8-6-9(2)12-10(7-8)13-11(16)14(3)4-5-15/h6-7,15H,4-5H2,1-3H3,(H,12,13,16). The third-order valence-electron chi connectivity index (χ3n) is 2.11. The number of anilines is 1. The fraction of sp³-hybridized carbons (Fsp3) is 0.455. The van der Waals surface area contributed by atoms with Crippen LogP contribution in [-0.2, 0) is 0 Å². The molecule has 1 aromatic rings. The van der Waals surface area contributed by atoms with Crippen molar-refractivity contribution in [1.82, 2.24) is 9.88 Å². The Balaban J connectivity index is 2.69. The van der Waals surface area contributed by atoms with Crippen LogP contribution in [0.4, 0.5) is 10.6 Å². The first-order valence-electron chi connectivity index (χ1n) is 5.11. The Hall–Kier alpha value is -1.62. The highest BCUT2D eigenvalue weighted by atomic mass is 16.3. The van der Waals surface area contributed by atoms with Crippen LogP contribution in [0.2, 0.25) is 0 Å². The summed E-state index contributed by atoms with van der Waals surface area (Å²) in [5.74, 6) is 0.535. The van der Waals surface area contributed by atoms with Gasteiger partial charge in [0.05, 0.1) is 6.61 Å². The molecule has 5 nitrogen and oxygen atoms in total. The molecular formula is C11H17N3O2. The molecule has 0 atom stereocenters. The molecule has 1 rings (SSSR count). The molecule has 0 saturated carbocycles. The van der Waals surface area contributed by atoms with Gasteiger partial charge in [0, 0.05) is 19.3 Å². The zero-order valence-electron chi connectivity index (χ0n) is 9.82. The lowest BCUT2D eigenvalue weighted by Crippen LogP contribution is -2.33. The van der Waals surface area contributed by atoms with Crippen LogP contribution in [-0.4, -0.2) is 41.2 Å². The van der Waals surface area contributed by atoms with E-state index in [-0.39, 0.29) is 12.6 Å². The lowest BCUT2D eigenvalue weighted by Gasteiger charge is -2.16. The molecule has 0 bridgehead atoms. The van der Waals surface area contributed by atoms with Crippen LogP contribution >= 0.6 is 0 Å². The topological polar surface area (TPSA) is 65.5 Å². The first-order valence-corrected chi connectivity index (χ1v) is 5.11. The maximum absolute atomic E-state index is 11.6. The molecule has 16 heavy (non-hydrogen) atoms. The van der Waals surface area contributed by atoms with Crippen molar-refractivity contribution in [2.24, 2.45) is 0 Å². The Morgan fingerprint density at radius 1 is 1.50 bits per heavy atom. The molecule has 1 aromatic heterocycles. The van der Waals surface area contributed by atoms with Gasteiger partial charge in [-0.3, -0.25) is 5.32 Å². The first-order chi connectivity index (χ1) is 7.52. The van der Waals surface area contributed by atoms with Gasteiger partial charge >= 0.3 is 6.03 Å². The number of aryl methyl sites for hydroxylation is 2. The second-order valence-corrected chi connectivity index (χ2v) is 3.75. The van der Waals surface area contributed by atoms with E-state index < -0.39 is 0 Å². The first kappa shape index (κ1) is 12.4. The average Bonchev–Trinajstić information content (AvgIpc) is 2.16. The second kappa shape index (κ2) is 5.46. The Labute approximate surface area is 95.1 Å². The highest BCUT2D eigenvalue weighted by Crippen LogP contribution is 2.09. The third-order valence-corrected chi connectivity index (χ3v) is 2.11. The van der Waals surface area contributed by atoms with E-state index in [4.69, 9.17) is 5.11 Å². The van der Waals surface area contributed by atoms with Crippen LogP contribution in [0, 0.1) is 13.8 Å². The van der Waals surface area contributed by atoms with E-state index in [1.54, 1.807) is 13.1 Å². The number of aliphatic hydroxyl groups is 1. The molecule has 0 saturated heterocycles. The van der Waals surface area contributed by atoms with E-state index in [9.17, 15) is 4.79 Å². The van der Waals surface area contributed by atoms with Gasteiger partial charge in [0.2, 0.25) is 0 Å². The number of hydrogen-bond donors (Lipinski definition) is 2. The third kappa shape index (κ3) is 3.51. The molecule has 0 aliphatic heterocycles. The van der Waals surface area contributed by atoms with Gasteiger partial charge in [-0.25, -0.2) is 9.78 Å². The fourth-order valence-electron chi connectivity index (χ4n) is 1.36. The monoisotopic (exact) mass is 223 g/mol. The Morgan fingerprint density at radius 3 is 2.75 bits per heavy atom. The summed E-state index contributed by atoms with van der Waals surface area (Å²) in [6.07, 6.45) is 0. The van der Waals surface area contributed by atoms with E-state index in [0.717, 1.165) is 11.3 Å². The summed E-state index contributed by atoms with van der Waals surface area (Å²) >= 11 is 0. The fourth-order valence-corrected chi connectivity index (χ4v) is 1.36. The number of carbonyl (C=O) groups excluding carboxylic acids is 1. The minimum atomic E-state index is -0.272. The Bertz CT molecular complexity index is 359. The lowest BCUT2D eigenvalue weighted by atomic mass is 10.2. The zero-order chi connectivity index (χ0) is 12.1. The van der Waals surface area contributed by atoms with Crippen molar-refractivity contribution in [1.29, 1.82) is 0 Å². The number of urea groups is 1. The molecule has 0 fully saturated rings. The van der Waals surface area contributed by atoms with E-state index in [1.165, 1.54) is 4.90 Å². The van der Waals surface area contributed by atoms with Crippen molar-refractivity contribution in [3.63, 3.8) is 0 Å². The quantitative estimate of drug-likeness (QED) is 0.808. The van der Waals surface area contributed by atoms with Gasteiger partial charge in [-0.05, 0) is 31.5 Å². The molecular weight excluding hydrogens is 206 g/mol. The largest absolute Gasteiger partial charge is 0.395 e. The number of pyridine rings is 1. The maximum Gasteiger partial charge on any atom is 0.322 e. The number of amides is 2. The molecule has 0 unspecified atom stereocenters. The SMILES string of the molecule is Cc1cc(C)nc(NC(=O)N(C)CCO)c1. The van der Waals surface area contributed by atoms with Crippen molar-refractivity contribution in [3.05, 3.63) is 23.4 Å².